The quantitative estimate of drug-likeness (QED) is 0.229. The highest BCUT2D eigenvalue weighted by Gasteiger charge is 2.17. The van der Waals surface area contributed by atoms with Crippen LogP contribution in [0.15, 0.2) is 116 Å². The molecule has 2 heterocycles. The van der Waals surface area contributed by atoms with Gasteiger partial charge in [0.15, 0.2) is 0 Å². The maximum atomic E-state index is 5.99. The van der Waals surface area contributed by atoms with Crippen LogP contribution in [-0.4, -0.2) is 31.8 Å². The minimum absolute atomic E-state index is 0.274. The second-order valence-corrected chi connectivity index (χ2v) is 9.31. The minimum Gasteiger partial charge on any atom is -0.415 e. The third kappa shape index (κ3) is 5.61. The van der Waals surface area contributed by atoms with E-state index in [9.17, 15) is 0 Å². The molecule has 40 heavy (non-hydrogen) atoms. The normalized spacial score (nSPS) is 15.1. The summed E-state index contributed by atoms with van der Waals surface area (Å²) in [4.78, 5) is 9.35. The molecule has 0 saturated carbocycles. The van der Waals surface area contributed by atoms with Gasteiger partial charge in [0.1, 0.15) is 11.4 Å². The average Bonchev–Trinajstić information content (AvgIpc) is 3.63. The topological polar surface area (TPSA) is 103 Å². The molecule has 0 unspecified atom stereocenters. The Hall–Kier alpha value is -5.24. The lowest BCUT2D eigenvalue weighted by molar-refractivity contribution is 0.551. The SMILES string of the molecule is C=CC(=Nc1ccc(C)cc1C)c1nnc(-c2cccc(-c3nnc(/C(=C/C)N=C4C=CC(C)=CC4=C)o3)c2)o1. The number of benzene rings is 2. The number of allylic oxidation sites excluding steroid dienone is 7. The maximum absolute atomic E-state index is 5.99. The van der Waals surface area contributed by atoms with E-state index in [0.717, 1.165) is 28.1 Å². The summed E-state index contributed by atoms with van der Waals surface area (Å²) in [5.74, 6) is 1.25. The molecule has 0 N–H and O–H groups in total. The summed E-state index contributed by atoms with van der Waals surface area (Å²) in [5, 5.41) is 16.9. The molecule has 0 spiro atoms. The molecule has 8 nitrogen and oxygen atoms in total. The molecular weight excluding hydrogens is 500 g/mol. The first-order chi connectivity index (χ1) is 19.3. The molecule has 2 aromatic heterocycles. The third-order valence-electron chi connectivity index (χ3n) is 6.18. The molecule has 0 fully saturated rings. The van der Waals surface area contributed by atoms with Crippen LogP contribution in [-0.2, 0) is 0 Å². The number of hydrogen-bond acceptors (Lipinski definition) is 8. The summed E-state index contributed by atoms with van der Waals surface area (Å²) in [6.07, 6.45) is 9.31. The molecule has 8 heteroatoms. The Bertz CT molecular complexity index is 1780. The summed E-state index contributed by atoms with van der Waals surface area (Å²) in [6, 6.07) is 13.5. The monoisotopic (exact) mass is 528 g/mol. The predicted molar refractivity (Wildman–Crippen MR) is 158 cm³/mol. The van der Waals surface area contributed by atoms with Crippen LogP contribution in [0.5, 0.6) is 0 Å². The number of aliphatic imine (C=N–C) groups is 2. The maximum Gasteiger partial charge on any atom is 0.266 e. The minimum atomic E-state index is 0.274. The van der Waals surface area contributed by atoms with Gasteiger partial charge in [-0.25, -0.2) is 9.98 Å². The number of aryl methyl sites for hydroxylation is 2. The Morgan fingerprint density at radius 2 is 1.57 bits per heavy atom. The molecular formula is C32H28N6O2. The van der Waals surface area contributed by atoms with E-state index in [2.05, 4.69) is 49.6 Å². The number of aromatic nitrogens is 4. The summed E-state index contributed by atoms with van der Waals surface area (Å²) in [6.45, 7) is 15.9. The van der Waals surface area contributed by atoms with Crippen LogP contribution >= 0.6 is 0 Å². The van der Waals surface area contributed by atoms with Crippen LogP contribution in [0.3, 0.4) is 0 Å². The fraction of sp³-hybridized carbons (Fsp3) is 0.125. The number of rotatable bonds is 7. The number of hydrogen-bond donors (Lipinski definition) is 0. The lowest BCUT2D eigenvalue weighted by atomic mass is 10.0. The zero-order chi connectivity index (χ0) is 28.2. The van der Waals surface area contributed by atoms with E-state index in [4.69, 9.17) is 8.83 Å². The van der Waals surface area contributed by atoms with E-state index in [-0.39, 0.29) is 5.89 Å². The van der Waals surface area contributed by atoms with Crippen LogP contribution in [0.2, 0.25) is 0 Å². The van der Waals surface area contributed by atoms with Crippen LogP contribution in [0.4, 0.5) is 5.69 Å². The van der Waals surface area contributed by atoms with Gasteiger partial charge in [0.25, 0.3) is 11.8 Å². The molecule has 1 aliphatic carbocycles. The zero-order valence-electron chi connectivity index (χ0n) is 22.8. The zero-order valence-corrected chi connectivity index (χ0v) is 22.8. The van der Waals surface area contributed by atoms with E-state index in [1.165, 1.54) is 5.56 Å². The Labute approximate surface area is 232 Å². The van der Waals surface area contributed by atoms with Gasteiger partial charge >= 0.3 is 0 Å². The molecule has 0 bridgehead atoms. The first-order valence-corrected chi connectivity index (χ1v) is 12.7. The molecule has 4 aromatic rings. The van der Waals surface area contributed by atoms with Crippen molar-refractivity contribution in [1.82, 2.24) is 20.4 Å². The van der Waals surface area contributed by atoms with Crippen molar-refractivity contribution in [2.75, 3.05) is 0 Å². The second-order valence-electron chi connectivity index (χ2n) is 9.31. The first kappa shape index (κ1) is 26.4. The molecule has 2 aromatic carbocycles. The summed E-state index contributed by atoms with van der Waals surface area (Å²) >= 11 is 0. The predicted octanol–water partition coefficient (Wildman–Crippen LogP) is 7.58. The van der Waals surface area contributed by atoms with Crippen molar-refractivity contribution < 1.29 is 8.83 Å². The largest absolute Gasteiger partial charge is 0.415 e. The van der Waals surface area contributed by atoms with Crippen molar-refractivity contribution in [3.63, 3.8) is 0 Å². The van der Waals surface area contributed by atoms with Gasteiger partial charge in [-0.2, -0.15) is 0 Å². The highest BCUT2D eigenvalue weighted by Crippen LogP contribution is 2.28. The first-order valence-electron chi connectivity index (χ1n) is 12.7. The van der Waals surface area contributed by atoms with Crippen molar-refractivity contribution in [2.45, 2.75) is 27.7 Å². The van der Waals surface area contributed by atoms with Crippen LogP contribution in [0, 0.1) is 13.8 Å². The van der Waals surface area contributed by atoms with E-state index >= 15 is 0 Å². The van der Waals surface area contributed by atoms with Gasteiger partial charge in [0.2, 0.25) is 11.8 Å². The van der Waals surface area contributed by atoms with Gasteiger partial charge < -0.3 is 8.83 Å². The number of nitrogens with zero attached hydrogens (tertiary/aromatic N) is 6. The molecule has 5 rings (SSSR count). The fourth-order valence-electron chi connectivity index (χ4n) is 4.10. The van der Waals surface area contributed by atoms with Crippen molar-refractivity contribution in [1.29, 1.82) is 0 Å². The van der Waals surface area contributed by atoms with Crippen molar-refractivity contribution in [3.8, 4) is 22.9 Å². The van der Waals surface area contributed by atoms with Crippen LogP contribution in [0.25, 0.3) is 28.6 Å². The lowest BCUT2D eigenvalue weighted by Crippen LogP contribution is -2.01. The molecule has 0 atom stereocenters. The average molecular weight is 529 g/mol. The molecule has 1 aliphatic rings. The van der Waals surface area contributed by atoms with E-state index < -0.39 is 0 Å². The Balaban J connectivity index is 1.40. The van der Waals surface area contributed by atoms with E-state index in [0.29, 0.717) is 40.2 Å². The molecule has 0 aliphatic heterocycles. The highest BCUT2D eigenvalue weighted by atomic mass is 16.4. The van der Waals surface area contributed by atoms with Gasteiger partial charge in [0, 0.05) is 11.1 Å². The van der Waals surface area contributed by atoms with Crippen LogP contribution < -0.4 is 0 Å². The smallest absolute Gasteiger partial charge is 0.266 e. The van der Waals surface area contributed by atoms with E-state index in [1.54, 1.807) is 6.08 Å². The summed E-state index contributed by atoms with van der Waals surface area (Å²) in [7, 11) is 0. The van der Waals surface area contributed by atoms with Crippen molar-refractivity contribution in [3.05, 3.63) is 120 Å². The lowest BCUT2D eigenvalue weighted by Gasteiger charge is -2.08. The Kier molecular flexibility index (Phi) is 7.41. The molecule has 0 radical (unpaired) electrons. The fourth-order valence-corrected chi connectivity index (χ4v) is 4.10. The van der Waals surface area contributed by atoms with E-state index in [1.807, 2.05) is 88.4 Å². The van der Waals surface area contributed by atoms with Gasteiger partial charge in [-0.1, -0.05) is 60.7 Å². The van der Waals surface area contributed by atoms with Crippen molar-refractivity contribution in [2.24, 2.45) is 9.98 Å². The summed E-state index contributed by atoms with van der Waals surface area (Å²) < 4.78 is 12.0. The Morgan fingerprint density at radius 3 is 2.23 bits per heavy atom. The third-order valence-corrected chi connectivity index (χ3v) is 6.18. The van der Waals surface area contributed by atoms with Crippen LogP contribution in [0.1, 0.15) is 36.8 Å². The van der Waals surface area contributed by atoms with Gasteiger partial charge in [-0.3, -0.25) is 0 Å². The summed E-state index contributed by atoms with van der Waals surface area (Å²) in [5.41, 5.74) is 8.16. The second kappa shape index (κ2) is 11.2. The molecule has 0 saturated heterocycles. The van der Waals surface area contributed by atoms with Crippen molar-refractivity contribution >= 4 is 22.8 Å². The standard InChI is InChI=1S/C32H28N6O2/c1-7-25(33-27-14-12-19(3)16-21(27)5)31-37-35-29(39-31)23-10-9-11-24(18-23)30-36-38-32(40-30)26(8-2)34-28-15-13-20(4)17-22(28)6/h7-18H,1,6H2,2-5H3/b26-8-,33-25?,34-28?. The molecule has 0 amide bonds. The van der Waals surface area contributed by atoms with Gasteiger partial charge in [-0.05, 0) is 75.2 Å². The molecule has 198 valence electrons. The van der Waals surface area contributed by atoms with Gasteiger partial charge in [0.05, 0.1) is 11.4 Å². The van der Waals surface area contributed by atoms with Gasteiger partial charge in [-0.15, -0.1) is 20.4 Å². The Morgan fingerprint density at radius 1 is 0.875 bits per heavy atom. The highest BCUT2D eigenvalue weighted by molar-refractivity contribution is 6.13.